The van der Waals surface area contributed by atoms with Crippen molar-refractivity contribution in [2.24, 2.45) is 7.05 Å². The van der Waals surface area contributed by atoms with Gasteiger partial charge >= 0.3 is 0 Å². The molecule has 0 saturated carbocycles. The average Bonchev–Trinajstić information content (AvgIpc) is 3.46. The van der Waals surface area contributed by atoms with Crippen molar-refractivity contribution >= 4 is 11.2 Å². The predicted octanol–water partition coefficient (Wildman–Crippen LogP) is 2.11. The van der Waals surface area contributed by atoms with Crippen molar-refractivity contribution in [2.75, 3.05) is 6.61 Å². The van der Waals surface area contributed by atoms with E-state index in [4.69, 9.17) is 9.26 Å². The van der Waals surface area contributed by atoms with Crippen LogP contribution in [0.1, 0.15) is 41.3 Å². The number of fused-ring (bicyclic) bond motifs is 1. The Labute approximate surface area is 166 Å². The predicted molar refractivity (Wildman–Crippen MR) is 103 cm³/mol. The maximum atomic E-state index is 12.4. The second-order valence-corrected chi connectivity index (χ2v) is 7.42. The van der Waals surface area contributed by atoms with Crippen molar-refractivity contribution in [1.82, 2.24) is 29.2 Å². The lowest BCUT2D eigenvalue weighted by atomic mass is 9.99. The molecule has 1 saturated heterocycles. The summed E-state index contributed by atoms with van der Waals surface area (Å²) in [4.78, 5) is 25.3. The van der Waals surface area contributed by atoms with Gasteiger partial charge in [-0.2, -0.15) is 4.98 Å². The summed E-state index contributed by atoms with van der Waals surface area (Å²) < 4.78 is 14.5. The summed E-state index contributed by atoms with van der Waals surface area (Å²) in [6, 6.07) is 8.38. The van der Waals surface area contributed by atoms with Crippen molar-refractivity contribution in [3.8, 4) is 0 Å². The third-order valence-corrected chi connectivity index (χ3v) is 5.30. The van der Waals surface area contributed by atoms with Gasteiger partial charge in [0, 0.05) is 13.0 Å². The topological polar surface area (TPSA) is 101 Å². The molecule has 4 aromatic rings. The van der Waals surface area contributed by atoms with Crippen LogP contribution >= 0.6 is 0 Å². The SMILES string of the molecule is Cc1ccc([C@H]2C[C@H](c3noc(Cn4cnc5ncn(C)c(=O)c54)n3)CO2)cc1. The van der Waals surface area contributed by atoms with Gasteiger partial charge in [-0.25, -0.2) is 9.97 Å². The van der Waals surface area contributed by atoms with Crippen molar-refractivity contribution in [3.63, 3.8) is 0 Å². The first-order chi connectivity index (χ1) is 14.1. The van der Waals surface area contributed by atoms with Gasteiger partial charge in [0.05, 0.1) is 25.4 Å². The van der Waals surface area contributed by atoms with E-state index in [1.165, 1.54) is 16.5 Å². The van der Waals surface area contributed by atoms with E-state index in [1.807, 2.05) is 0 Å². The van der Waals surface area contributed by atoms with Crippen molar-refractivity contribution in [3.05, 3.63) is 70.1 Å². The lowest BCUT2D eigenvalue weighted by Crippen LogP contribution is -2.19. The molecule has 1 aliphatic heterocycles. The van der Waals surface area contributed by atoms with E-state index < -0.39 is 0 Å². The highest BCUT2D eigenvalue weighted by atomic mass is 16.5. The standard InChI is InChI=1S/C20H20N6O3/c1-12-3-5-13(6-4-12)15-7-14(9-28-15)18-23-16(29-24-18)8-26-11-22-19-17(26)20(27)25(2)10-21-19/h3-6,10-11,14-15H,7-9H2,1-2H3/t14-,15+/m0/s1. The van der Waals surface area contributed by atoms with E-state index in [1.54, 1.807) is 17.9 Å². The molecule has 0 radical (unpaired) electrons. The van der Waals surface area contributed by atoms with Crippen LogP contribution < -0.4 is 5.56 Å². The smallest absolute Gasteiger partial charge is 0.279 e. The Morgan fingerprint density at radius 3 is 2.79 bits per heavy atom. The molecule has 0 aliphatic carbocycles. The highest BCUT2D eigenvalue weighted by Gasteiger charge is 2.31. The molecule has 5 rings (SSSR count). The summed E-state index contributed by atoms with van der Waals surface area (Å²) >= 11 is 0. The molecule has 0 unspecified atom stereocenters. The van der Waals surface area contributed by atoms with E-state index in [-0.39, 0.29) is 24.1 Å². The molecular weight excluding hydrogens is 372 g/mol. The van der Waals surface area contributed by atoms with Crippen LogP contribution in [-0.2, 0) is 18.3 Å². The first-order valence-electron chi connectivity index (χ1n) is 9.45. The van der Waals surface area contributed by atoms with Crippen molar-refractivity contribution < 1.29 is 9.26 Å². The van der Waals surface area contributed by atoms with Gasteiger partial charge in [0.15, 0.2) is 17.0 Å². The molecule has 0 bridgehead atoms. The number of rotatable bonds is 4. The fourth-order valence-electron chi connectivity index (χ4n) is 3.63. The Balaban J connectivity index is 1.33. The van der Waals surface area contributed by atoms with E-state index in [2.05, 4.69) is 51.3 Å². The Hall–Kier alpha value is -3.33. The second kappa shape index (κ2) is 6.93. The van der Waals surface area contributed by atoms with E-state index in [0.717, 1.165) is 12.0 Å². The number of ether oxygens (including phenoxy) is 1. The van der Waals surface area contributed by atoms with Gasteiger partial charge in [0.2, 0.25) is 5.89 Å². The Morgan fingerprint density at radius 1 is 1.17 bits per heavy atom. The lowest BCUT2D eigenvalue weighted by molar-refractivity contribution is 0.110. The number of imidazole rings is 1. The molecule has 4 heterocycles. The maximum Gasteiger partial charge on any atom is 0.279 e. The number of hydrogen-bond donors (Lipinski definition) is 0. The largest absolute Gasteiger partial charge is 0.373 e. The van der Waals surface area contributed by atoms with Gasteiger partial charge in [-0.05, 0) is 18.9 Å². The van der Waals surface area contributed by atoms with E-state index in [9.17, 15) is 4.79 Å². The van der Waals surface area contributed by atoms with Gasteiger partial charge in [-0.3, -0.25) is 4.79 Å². The fraction of sp³-hybridized carbons (Fsp3) is 0.350. The van der Waals surface area contributed by atoms with Gasteiger partial charge in [-0.15, -0.1) is 0 Å². The summed E-state index contributed by atoms with van der Waals surface area (Å²) in [6.45, 7) is 2.88. The summed E-state index contributed by atoms with van der Waals surface area (Å²) in [5, 5.41) is 4.14. The quantitative estimate of drug-likeness (QED) is 0.524. The number of nitrogens with zero attached hydrogens (tertiary/aromatic N) is 6. The van der Waals surface area contributed by atoms with Crippen LogP contribution in [0, 0.1) is 6.92 Å². The summed E-state index contributed by atoms with van der Waals surface area (Å²) in [7, 11) is 1.65. The minimum absolute atomic E-state index is 0.0363. The normalized spacial score (nSPS) is 19.2. The summed E-state index contributed by atoms with van der Waals surface area (Å²) in [6.07, 6.45) is 3.86. The molecule has 0 spiro atoms. The van der Waals surface area contributed by atoms with Gasteiger partial charge in [-0.1, -0.05) is 35.0 Å². The number of benzene rings is 1. The molecule has 2 atom stereocenters. The highest BCUT2D eigenvalue weighted by molar-refractivity contribution is 5.69. The molecule has 1 fully saturated rings. The third kappa shape index (κ3) is 3.23. The Bertz CT molecular complexity index is 1220. The minimum atomic E-state index is -0.169. The van der Waals surface area contributed by atoms with Crippen LogP contribution in [0.15, 0.2) is 46.2 Å². The number of aromatic nitrogens is 6. The maximum absolute atomic E-state index is 12.4. The molecule has 29 heavy (non-hydrogen) atoms. The first-order valence-corrected chi connectivity index (χ1v) is 9.45. The van der Waals surface area contributed by atoms with E-state index in [0.29, 0.717) is 29.5 Å². The Kier molecular flexibility index (Phi) is 4.24. The zero-order valence-electron chi connectivity index (χ0n) is 16.1. The molecule has 148 valence electrons. The van der Waals surface area contributed by atoms with Crippen molar-refractivity contribution in [1.29, 1.82) is 0 Å². The zero-order valence-corrected chi connectivity index (χ0v) is 16.1. The van der Waals surface area contributed by atoms with Crippen LogP contribution in [-0.4, -0.2) is 35.8 Å². The molecule has 1 aliphatic rings. The molecule has 1 aromatic carbocycles. The lowest BCUT2D eigenvalue weighted by Gasteiger charge is -2.09. The minimum Gasteiger partial charge on any atom is -0.373 e. The second-order valence-electron chi connectivity index (χ2n) is 7.42. The number of aryl methyl sites for hydroxylation is 2. The van der Waals surface area contributed by atoms with Crippen LogP contribution in [0.4, 0.5) is 0 Å². The molecule has 0 amide bonds. The zero-order chi connectivity index (χ0) is 20.0. The average molecular weight is 392 g/mol. The van der Waals surface area contributed by atoms with Gasteiger partial charge in [0.25, 0.3) is 5.56 Å². The molecule has 0 N–H and O–H groups in total. The van der Waals surface area contributed by atoms with Crippen molar-refractivity contribution in [2.45, 2.75) is 31.9 Å². The Morgan fingerprint density at radius 2 is 1.97 bits per heavy atom. The summed E-state index contributed by atoms with van der Waals surface area (Å²) in [5.41, 5.74) is 3.03. The van der Waals surface area contributed by atoms with Gasteiger partial charge < -0.3 is 18.4 Å². The van der Waals surface area contributed by atoms with Crippen LogP contribution in [0.3, 0.4) is 0 Å². The van der Waals surface area contributed by atoms with Crippen LogP contribution in [0.25, 0.3) is 11.2 Å². The number of hydrogen-bond acceptors (Lipinski definition) is 7. The van der Waals surface area contributed by atoms with Crippen LogP contribution in [0.5, 0.6) is 0 Å². The first kappa shape index (κ1) is 17.7. The van der Waals surface area contributed by atoms with Crippen LogP contribution in [0.2, 0.25) is 0 Å². The highest BCUT2D eigenvalue weighted by Crippen LogP contribution is 2.37. The monoisotopic (exact) mass is 392 g/mol. The fourth-order valence-corrected chi connectivity index (χ4v) is 3.63. The molecule has 3 aromatic heterocycles. The van der Waals surface area contributed by atoms with E-state index >= 15 is 0 Å². The molecular formula is C20H20N6O3. The summed E-state index contributed by atoms with van der Waals surface area (Å²) in [5.74, 6) is 1.13. The molecule has 9 nitrogen and oxygen atoms in total. The van der Waals surface area contributed by atoms with Gasteiger partial charge in [0.1, 0.15) is 6.54 Å². The third-order valence-electron chi connectivity index (χ3n) is 5.30. The molecule has 9 heteroatoms.